The van der Waals surface area contributed by atoms with E-state index in [9.17, 15) is 19.2 Å². The van der Waals surface area contributed by atoms with Crippen LogP contribution in [0.25, 0.3) is 0 Å². The van der Waals surface area contributed by atoms with Crippen LogP contribution in [-0.4, -0.2) is 48.4 Å². The lowest BCUT2D eigenvalue weighted by Crippen LogP contribution is -2.42. The summed E-state index contributed by atoms with van der Waals surface area (Å²) in [5, 5.41) is 4.92. The van der Waals surface area contributed by atoms with Crippen LogP contribution in [0, 0.1) is 19.3 Å². The summed E-state index contributed by atoms with van der Waals surface area (Å²) in [6, 6.07) is 6.43. The number of hydrogen-bond donors (Lipinski definition) is 2. The fourth-order valence-corrected chi connectivity index (χ4v) is 2.44. The summed E-state index contributed by atoms with van der Waals surface area (Å²) in [6.07, 6.45) is 4.99. The fraction of sp³-hybridized carbons (Fsp3) is 0.333. The number of imide groups is 1. The van der Waals surface area contributed by atoms with Crippen molar-refractivity contribution in [2.24, 2.45) is 0 Å². The molecule has 1 atom stereocenters. The predicted octanol–water partition coefficient (Wildman–Crippen LogP) is 0.0546. The molecule has 1 aromatic carbocycles. The molecule has 1 aliphatic rings. The minimum absolute atomic E-state index is 0.0122. The van der Waals surface area contributed by atoms with Gasteiger partial charge in [0.25, 0.3) is 11.8 Å². The number of amides is 4. The lowest BCUT2D eigenvalue weighted by atomic mass is 9.91. The molecule has 0 spiro atoms. The standard InChI is InChI=1S/C18H19N3O5/c1-4-9-19-14(22)11-26-15(23)10-21-16(24)18(3,20-17(21)25)13-7-5-12(2)6-8-13/h1,5-8H,9-11H2,2-3H3,(H,19,22)(H,20,25)/t18-/m1/s1. The van der Waals surface area contributed by atoms with Crippen LogP contribution in [0.5, 0.6) is 0 Å². The molecule has 136 valence electrons. The molecule has 0 bridgehead atoms. The number of ether oxygens (including phenoxy) is 1. The van der Waals surface area contributed by atoms with Gasteiger partial charge in [-0.2, -0.15) is 0 Å². The average molecular weight is 357 g/mol. The van der Waals surface area contributed by atoms with Gasteiger partial charge in [0.1, 0.15) is 12.1 Å². The summed E-state index contributed by atoms with van der Waals surface area (Å²) in [5.41, 5.74) is 0.346. The molecule has 1 saturated heterocycles. The Kier molecular flexibility index (Phi) is 5.62. The number of carbonyl (C=O) groups is 4. The molecule has 0 saturated carbocycles. The van der Waals surface area contributed by atoms with Crippen molar-refractivity contribution in [3.8, 4) is 12.3 Å². The molecule has 1 aliphatic heterocycles. The van der Waals surface area contributed by atoms with E-state index >= 15 is 0 Å². The third-order valence-electron chi connectivity index (χ3n) is 3.94. The number of rotatable bonds is 6. The number of urea groups is 1. The minimum atomic E-state index is -1.27. The van der Waals surface area contributed by atoms with E-state index in [1.165, 1.54) is 0 Å². The second-order valence-corrected chi connectivity index (χ2v) is 5.95. The van der Waals surface area contributed by atoms with Gasteiger partial charge >= 0.3 is 12.0 Å². The monoisotopic (exact) mass is 357 g/mol. The maximum Gasteiger partial charge on any atom is 0.326 e. The molecule has 4 amide bonds. The van der Waals surface area contributed by atoms with Crippen molar-refractivity contribution in [1.82, 2.24) is 15.5 Å². The van der Waals surface area contributed by atoms with Crippen LogP contribution in [0.3, 0.4) is 0 Å². The maximum atomic E-state index is 12.7. The molecule has 1 aromatic rings. The van der Waals surface area contributed by atoms with Crippen molar-refractivity contribution in [3.05, 3.63) is 35.4 Å². The molecule has 1 heterocycles. The van der Waals surface area contributed by atoms with Crippen LogP contribution in [0.1, 0.15) is 18.1 Å². The summed E-state index contributed by atoms with van der Waals surface area (Å²) >= 11 is 0. The quantitative estimate of drug-likeness (QED) is 0.425. The van der Waals surface area contributed by atoms with Gasteiger partial charge in [-0.25, -0.2) is 4.79 Å². The van der Waals surface area contributed by atoms with Crippen LogP contribution in [0.2, 0.25) is 0 Å². The number of nitrogens with zero attached hydrogens (tertiary/aromatic N) is 1. The second-order valence-electron chi connectivity index (χ2n) is 5.95. The zero-order valence-electron chi connectivity index (χ0n) is 14.5. The van der Waals surface area contributed by atoms with Gasteiger partial charge < -0.3 is 15.4 Å². The highest BCUT2D eigenvalue weighted by molar-refractivity contribution is 6.08. The van der Waals surface area contributed by atoms with Crippen molar-refractivity contribution < 1.29 is 23.9 Å². The van der Waals surface area contributed by atoms with E-state index < -0.39 is 42.5 Å². The van der Waals surface area contributed by atoms with Crippen molar-refractivity contribution >= 4 is 23.8 Å². The summed E-state index contributed by atoms with van der Waals surface area (Å²) in [5.74, 6) is 0.188. The normalized spacial score (nSPS) is 18.9. The second kappa shape index (κ2) is 7.70. The van der Waals surface area contributed by atoms with Crippen LogP contribution >= 0.6 is 0 Å². The summed E-state index contributed by atoms with van der Waals surface area (Å²) in [6.45, 7) is 2.35. The topological polar surface area (TPSA) is 105 Å². The van der Waals surface area contributed by atoms with Gasteiger partial charge in [-0.1, -0.05) is 35.7 Å². The number of esters is 1. The Balaban J connectivity index is 2.00. The largest absolute Gasteiger partial charge is 0.454 e. The maximum absolute atomic E-state index is 12.7. The zero-order chi connectivity index (χ0) is 19.3. The van der Waals surface area contributed by atoms with E-state index in [-0.39, 0.29) is 6.54 Å². The molecule has 2 N–H and O–H groups in total. The van der Waals surface area contributed by atoms with Crippen molar-refractivity contribution in [2.45, 2.75) is 19.4 Å². The van der Waals surface area contributed by atoms with Gasteiger partial charge in [-0.05, 0) is 19.4 Å². The molecule has 0 aromatic heterocycles. The van der Waals surface area contributed by atoms with Gasteiger partial charge in [-0.3, -0.25) is 19.3 Å². The van der Waals surface area contributed by atoms with E-state index in [0.717, 1.165) is 10.5 Å². The molecular formula is C18H19N3O5. The van der Waals surface area contributed by atoms with Crippen LogP contribution < -0.4 is 10.6 Å². The van der Waals surface area contributed by atoms with Gasteiger partial charge in [-0.15, -0.1) is 6.42 Å². The van der Waals surface area contributed by atoms with Crippen molar-refractivity contribution in [3.63, 3.8) is 0 Å². The summed E-state index contributed by atoms with van der Waals surface area (Å²) in [4.78, 5) is 48.8. The molecule has 8 nitrogen and oxygen atoms in total. The predicted molar refractivity (Wildman–Crippen MR) is 91.6 cm³/mol. The number of terminal acetylenes is 1. The molecule has 1 fully saturated rings. The number of aryl methyl sites for hydroxylation is 1. The van der Waals surface area contributed by atoms with E-state index in [1.54, 1.807) is 19.1 Å². The first-order chi connectivity index (χ1) is 12.3. The van der Waals surface area contributed by atoms with Gasteiger partial charge in [0.2, 0.25) is 0 Å². The Morgan fingerprint density at radius 1 is 1.31 bits per heavy atom. The lowest BCUT2D eigenvalue weighted by Gasteiger charge is -2.22. The number of nitrogens with one attached hydrogen (secondary N) is 2. The molecule has 0 aliphatic carbocycles. The molecule has 8 heteroatoms. The van der Waals surface area contributed by atoms with E-state index in [2.05, 4.69) is 16.6 Å². The Bertz CT molecular complexity index is 781. The van der Waals surface area contributed by atoms with E-state index in [1.807, 2.05) is 19.1 Å². The smallest absolute Gasteiger partial charge is 0.326 e. The summed E-state index contributed by atoms with van der Waals surface area (Å²) < 4.78 is 4.76. The minimum Gasteiger partial charge on any atom is -0.454 e. The Hall–Kier alpha value is -3.34. The summed E-state index contributed by atoms with van der Waals surface area (Å²) in [7, 11) is 0. The number of hydrogen-bond acceptors (Lipinski definition) is 5. The van der Waals surface area contributed by atoms with Crippen LogP contribution in [-0.2, 0) is 24.7 Å². The average Bonchev–Trinajstić information content (AvgIpc) is 2.82. The SMILES string of the molecule is C#CCNC(=O)COC(=O)CN1C(=O)N[C@](C)(c2ccc(C)cc2)C1=O. The number of benzene rings is 1. The van der Waals surface area contributed by atoms with Crippen molar-refractivity contribution in [1.29, 1.82) is 0 Å². The Morgan fingerprint density at radius 3 is 2.58 bits per heavy atom. The van der Waals surface area contributed by atoms with Gasteiger partial charge in [0.05, 0.1) is 6.54 Å². The lowest BCUT2D eigenvalue weighted by molar-refractivity contribution is -0.151. The first-order valence-electron chi connectivity index (χ1n) is 7.85. The zero-order valence-corrected chi connectivity index (χ0v) is 14.5. The Labute approximate surface area is 150 Å². The van der Waals surface area contributed by atoms with Gasteiger partial charge in [0, 0.05) is 0 Å². The third-order valence-corrected chi connectivity index (χ3v) is 3.94. The molecule has 2 rings (SSSR count). The number of carbonyl (C=O) groups excluding carboxylic acids is 4. The molecule has 26 heavy (non-hydrogen) atoms. The molecule has 0 radical (unpaired) electrons. The van der Waals surface area contributed by atoms with Crippen LogP contribution in [0.4, 0.5) is 4.79 Å². The first-order valence-corrected chi connectivity index (χ1v) is 7.85. The van der Waals surface area contributed by atoms with E-state index in [4.69, 9.17) is 11.2 Å². The highest BCUT2D eigenvalue weighted by atomic mass is 16.5. The highest BCUT2D eigenvalue weighted by Crippen LogP contribution is 2.28. The highest BCUT2D eigenvalue weighted by Gasteiger charge is 2.49. The van der Waals surface area contributed by atoms with Crippen molar-refractivity contribution in [2.75, 3.05) is 19.7 Å². The fourth-order valence-electron chi connectivity index (χ4n) is 2.44. The molecular weight excluding hydrogens is 338 g/mol. The third kappa shape index (κ3) is 4.00. The first kappa shape index (κ1) is 19.0. The Morgan fingerprint density at radius 2 is 1.96 bits per heavy atom. The van der Waals surface area contributed by atoms with E-state index in [0.29, 0.717) is 5.56 Å². The van der Waals surface area contributed by atoms with Crippen LogP contribution in [0.15, 0.2) is 24.3 Å². The molecule has 0 unspecified atom stereocenters. The van der Waals surface area contributed by atoms with Gasteiger partial charge in [0.15, 0.2) is 6.61 Å².